The highest BCUT2D eigenvalue weighted by Gasteiger charge is 2.38. The van der Waals surface area contributed by atoms with E-state index < -0.39 is 0 Å². The van der Waals surface area contributed by atoms with Gasteiger partial charge in [-0.05, 0) is 29.9 Å². The fraction of sp³-hybridized carbons (Fsp3) is 0.368. The maximum Gasteiger partial charge on any atom is 0.0372 e. The molecule has 0 spiro atoms. The standard InChI is InChI=1S/C19H23P/c20-19(16-10-4-1-5-11-16,17-12-6-2-7-13-17)18-14-8-3-9-15-18/h1-2,4-7,10-13,18H,3,8-9,14-15,20H2. The van der Waals surface area contributed by atoms with Crippen molar-refractivity contribution in [3.05, 3.63) is 71.8 Å². The number of benzene rings is 2. The molecule has 1 fully saturated rings. The topological polar surface area (TPSA) is 0 Å². The third-order valence-electron chi connectivity index (χ3n) is 4.75. The van der Waals surface area contributed by atoms with E-state index >= 15 is 0 Å². The van der Waals surface area contributed by atoms with Gasteiger partial charge in [-0.2, -0.15) is 0 Å². The second kappa shape index (κ2) is 6.10. The molecule has 20 heavy (non-hydrogen) atoms. The number of rotatable bonds is 3. The van der Waals surface area contributed by atoms with Crippen LogP contribution in [0.4, 0.5) is 0 Å². The minimum atomic E-state index is 0.0724. The Morgan fingerprint density at radius 3 is 1.60 bits per heavy atom. The highest BCUT2D eigenvalue weighted by atomic mass is 31.0. The molecule has 0 nitrogen and oxygen atoms in total. The van der Waals surface area contributed by atoms with Gasteiger partial charge in [-0.3, -0.25) is 0 Å². The van der Waals surface area contributed by atoms with E-state index in [0.717, 1.165) is 5.92 Å². The molecule has 0 radical (unpaired) electrons. The van der Waals surface area contributed by atoms with E-state index in [0.29, 0.717) is 0 Å². The molecule has 1 heteroatoms. The predicted molar refractivity (Wildman–Crippen MR) is 89.9 cm³/mol. The van der Waals surface area contributed by atoms with Gasteiger partial charge in [0.2, 0.25) is 0 Å². The molecule has 104 valence electrons. The highest BCUT2D eigenvalue weighted by molar-refractivity contribution is 7.19. The van der Waals surface area contributed by atoms with Crippen LogP contribution in [-0.4, -0.2) is 0 Å². The molecule has 0 aromatic heterocycles. The van der Waals surface area contributed by atoms with Crippen LogP contribution < -0.4 is 0 Å². The van der Waals surface area contributed by atoms with Crippen molar-refractivity contribution in [2.75, 3.05) is 0 Å². The van der Waals surface area contributed by atoms with Crippen LogP contribution in [-0.2, 0) is 5.16 Å². The fourth-order valence-electron chi connectivity index (χ4n) is 3.62. The first-order valence-electron chi connectivity index (χ1n) is 7.72. The van der Waals surface area contributed by atoms with Crippen molar-refractivity contribution >= 4 is 9.24 Å². The van der Waals surface area contributed by atoms with Gasteiger partial charge in [0.15, 0.2) is 0 Å². The average Bonchev–Trinajstić information content (AvgIpc) is 2.56. The van der Waals surface area contributed by atoms with E-state index in [1.54, 1.807) is 0 Å². The van der Waals surface area contributed by atoms with Crippen LogP contribution in [0, 0.1) is 5.92 Å². The second-order valence-corrected chi connectivity index (χ2v) is 6.85. The maximum absolute atomic E-state index is 3.21. The summed E-state index contributed by atoms with van der Waals surface area (Å²) >= 11 is 0. The van der Waals surface area contributed by atoms with Crippen molar-refractivity contribution in [3.63, 3.8) is 0 Å². The minimum absolute atomic E-state index is 0.0724. The smallest absolute Gasteiger partial charge is 0.0372 e. The number of hydrogen-bond acceptors (Lipinski definition) is 0. The molecule has 0 saturated heterocycles. The third kappa shape index (κ3) is 2.54. The SMILES string of the molecule is PC(c1ccccc1)(c1ccccc1)C1CCCCC1. The molecule has 2 aromatic rings. The summed E-state index contributed by atoms with van der Waals surface area (Å²) in [6, 6.07) is 22.0. The molecule has 0 N–H and O–H groups in total. The van der Waals surface area contributed by atoms with Crippen molar-refractivity contribution in [1.29, 1.82) is 0 Å². The summed E-state index contributed by atoms with van der Waals surface area (Å²) in [7, 11) is 3.21. The van der Waals surface area contributed by atoms with E-state index in [9.17, 15) is 0 Å². The number of hydrogen-bond donors (Lipinski definition) is 0. The first-order chi connectivity index (χ1) is 9.82. The minimum Gasteiger partial charge on any atom is -0.121 e. The Hall–Kier alpha value is -1.13. The van der Waals surface area contributed by atoms with Gasteiger partial charge in [-0.25, -0.2) is 0 Å². The third-order valence-corrected chi connectivity index (χ3v) is 5.89. The van der Waals surface area contributed by atoms with Gasteiger partial charge in [0.1, 0.15) is 0 Å². The summed E-state index contributed by atoms with van der Waals surface area (Å²) in [5.41, 5.74) is 2.87. The van der Waals surface area contributed by atoms with Crippen molar-refractivity contribution in [2.45, 2.75) is 37.3 Å². The Kier molecular flexibility index (Phi) is 4.22. The molecular formula is C19H23P. The van der Waals surface area contributed by atoms with Gasteiger partial charge in [-0.1, -0.05) is 79.9 Å². The monoisotopic (exact) mass is 282 g/mol. The molecule has 0 aliphatic heterocycles. The zero-order chi connectivity index (χ0) is 13.8. The van der Waals surface area contributed by atoms with Gasteiger partial charge in [0.05, 0.1) is 0 Å². The van der Waals surface area contributed by atoms with Crippen LogP contribution in [0.25, 0.3) is 0 Å². The van der Waals surface area contributed by atoms with Crippen LogP contribution in [0.5, 0.6) is 0 Å². The van der Waals surface area contributed by atoms with E-state index in [-0.39, 0.29) is 5.16 Å². The Labute approximate surface area is 124 Å². The van der Waals surface area contributed by atoms with Crippen molar-refractivity contribution in [2.24, 2.45) is 5.92 Å². The summed E-state index contributed by atoms with van der Waals surface area (Å²) in [5.74, 6) is 0.728. The molecule has 1 unspecified atom stereocenters. The normalized spacial score (nSPS) is 17.1. The van der Waals surface area contributed by atoms with Crippen LogP contribution in [0.2, 0.25) is 0 Å². The molecule has 1 saturated carbocycles. The van der Waals surface area contributed by atoms with Gasteiger partial charge in [0, 0.05) is 5.16 Å². The summed E-state index contributed by atoms with van der Waals surface area (Å²) < 4.78 is 0. The van der Waals surface area contributed by atoms with Crippen LogP contribution >= 0.6 is 9.24 Å². The molecule has 2 aromatic carbocycles. The molecule has 1 aliphatic carbocycles. The lowest BCUT2D eigenvalue weighted by atomic mass is 9.72. The van der Waals surface area contributed by atoms with Gasteiger partial charge >= 0.3 is 0 Å². The predicted octanol–water partition coefficient (Wildman–Crippen LogP) is 5.39. The highest BCUT2D eigenvalue weighted by Crippen LogP contribution is 2.50. The Morgan fingerprint density at radius 2 is 1.15 bits per heavy atom. The maximum atomic E-state index is 3.21. The first-order valence-corrected chi connectivity index (χ1v) is 8.29. The van der Waals surface area contributed by atoms with Crippen molar-refractivity contribution in [3.8, 4) is 0 Å². The van der Waals surface area contributed by atoms with Crippen LogP contribution in [0.1, 0.15) is 43.2 Å². The zero-order valence-corrected chi connectivity index (χ0v) is 13.1. The zero-order valence-electron chi connectivity index (χ0n) is 12.0. The molecule has 1 atom stereocenters. The Balaban J connectivity index is 2.07. The summed E-state index contributed by atoms with van der Waals surface area (Å²) in [5, 5.41) is 0.0724. The summed E-state index contributed by atoms with van der Waals surface area (Å²) in [6.45, 7) is 0. The largest absolute Gasteiger partial charge is 0.121 e. The van der Waals surface area contributed by atoms with Gasteiger partial charge in [0.25, 0.3) is 0 Å². The second-order valence-electron chi connectivity index (χ2n) is 5.94. The molecule has 0 heterocycles. The summed E-state index contributed by atoms with van der Waals surface area (Å²) in [4.78, 5) is 0. The molecule has 0 amide bonds. The van der Waals surface area contributed by atoms with E-state index in [1.165, 1.54) is 43.2 Å². The quantitative estimate of drug-likeness (QED) is 0.662. The van der Waals surface area contributed by atoms with Crippen LogP contribution in [0.15, 0.2) is 60.7 Å². The fourth-order valence-corrected chi connectivity index (χ4v) is 4.34. The van der Waals surface area contributed by atoms with Crippen molar-refractivity contribution in [1.82, 2.24) is 0 Å². The van der Waals surface area contributed by atoms with Crippen LogP contribution in [0.3, 0.4) is 0 Å². The van der Waals surface area contributed by atoms with Gasteiger partial charge < -0.3 is 0 Å². The first kappa shape index (κ1) is 13.8. The van der Waals surface area contributed by atoms with E-state index in [4.69, 9.17) is 0 Å². The Bertz CT molecular complexity index is 487. The Morgan fingerprint density at radius 1 is 0.700 bits per heavy atom. The van der Waals surface area contributed by atoms with E-state index in [2.05, 4.69) is 69.9 Å². The van der Waals surface area contributed by atoms with Crippen molar-refractivity contribution < 1.29 is 0 Å². The molecular weight excluding hydrogens is 259 g/mol. The molecule has 0 bridgehead atoms. The molecule has 3 rings (SSSR count). The van der Waals surface area contributed by atoms with Gasteiger partial charge in [-0.15, -0.1) is 9.24 Å². The lowest BCUT2D eigenvalue weighted by Crippen LogP contribution is -2.31. The summed E-state index contributed by atoms with van der Waals surface area (Å²) in [6.07, 6.45) is 6.84. The lowest BCUT2D eigenvalue weighted by molar-refractivity contribution is 0.306. The van der Waals surface area contributed by atoms with E-state index in [1.807, 2.05) is 0 Å². The average molecular weight is 282 g/mol. The molecule has 1 aliphatic rings. The lowest BCUT2D eigenvalue weighted by Gasteiger charge is -2.41.